The van der Waals surface area contributed by atoms with Crippen molar-refractivity contribution in [3.05, 3.63) is 23.7 Å². The summed E-state index contributed by atoms with van der Waals surface area (Å²) < 4.78 is 10.1. The Kier molecular flexibility index (Phi) is 5.01. The number of aliphatic hydroxyl groups is 1. The summed E-state index contributed by atoms with van der Waals surface area (Å²) in [5.74, 6) is 0.995. The normalized spacial score (nSPS) is 10.8. The van der Waals surface area contributed by atoms with Gasteiger partial charge in [-0.15, -0.1) is 0 Å². The molecule has 90 valence electrons. The number of furan rings is 1. The quantitative estimate of drug-likeness (QED) is 0.727. The number of carbonyl (C=O) groups is 1. The van der Waals surface area contributed by atoms with E-state index in [-0.39, 0.29) is 19.1 Å². The zero-order valence-electron chi connectivity index (χ0n) is 9.60. The third-order valence-corrected chi connectivity index (χ3v) is 2.00. The molecule has 0 saturated heterocycles. The Morgan fingerprint density at radius 1 is 1.50 bits per heavy atom. The first-order valence-electron chi connectivity index (χ1n) is 5.18. The first kappa shape index (κ1) is 12.7. The van der Waals surface area contributed by atoms with Gasteiger partial charge in [0.15, 0.2) is 0 Å². The molecule has 0 amide bonds. The predicted octanol–water partition coefficient (Wildman–Crippen LogP) is 0.767. The summed E-state index contributed by atoms with van der Waals surface area (Å²) in [6.07, 6.45) is 0. The average molecular weight is 227 g/mol. The second-order valence-electron chi connectivity index (χ2n) is 3.50. The highest BCUT2D eigenvalue weighted by atomic mass is 16.5. The Bertz CT molecular complexity index is 334. The van der Waals surface area contributed by atoms with E-state index in [0.717, 1.165) is 5.76 Å². The molecule has 0 radical (unpaired) electrons. The molecule has 5 heteroatoms. The van der Waals surface area contributed by atoms with Crippen LogP contribution >= 0.6 is 0 Å². The van der Waals surface area contributed by atoms with Gasteiger partial charge < -0.3 is 14.3 Å². The van der Waals surface area contributed by atoms with E-state index in [1.807, 2.05) is 0 Å². The molecule has 1 heterocycles. The van der Waals surface area contributed by atoms with Crippen LogP contribution in [0.25, 0.3) is 0 Å². The van der Waals surface area contributed by atoms with Crippen molar-refractivity contribution in [3.63, 3.8) is 0 Å². The molecular formula is C11H17NO4. The van der Waals surface area contributed by atoms with Gasteiger partial charge in [0, 0.05) is 0 Å². The molecule has 1 aromatic rings. The van der Waals surface area contributed by atoms with Crippen LogP contribution in [-0.2, 0) is 22.7 Å². The van der Waals surface area contributed by atoms with E-state index in [1.165, 1.54) is 0 Å². The molecule has 1 N–H and O–H groups in total. The number of hydrogen-bond donors (Lipinski definition) is 1. The first-order chi connectivity index (χ1) is 7.65. The zero-order chi connectivity index (χ0) is 12.0. The fourth-order valence-electron chi connectivity index (χ4n) is 1.34. The predicted molar refractivity (Wildman–Crippen MR) is 57.6 cm³/mol. The maximum absolute atomic E-state index is 11.2. The van der Waals surface area contributed by atoms with Crippen molar-refractivity contribution >= 4 is 5.97 Å². The van der Waals surface area contributed by atoms with E-state index in [2.05, 4.69) is 0 Å². The molecule has 0 unspecified atom stereocenters. The van der Waals surface area contributed by atoms with Crippen LogP contribution < -0.4 is 0 Å². The van der Waals surface area contributed by atoms with E-state index < -0.39 is 0 Å². The molecule has 1 rings (SSSR count). The summed E-state index contributed by atoms with van der Waals surface area (Å²) in [7, 11) is 1.80. The minimum absolute atomic E-state index is 0.110. The number of carbonyl (C=O) groups excluding carboxylic acids is 1. The van der Waals surface area contributed by atoms with Crippen molar-refractivity contribution in [1.29, 1.82) is 0 Å². The fourth-order valence-corrected chi connectivity index (χ4v) is 1.34. The summed E-state index contributed by atoms with van der Waals surface area (Å²) in [5, 5.41) is 8.82. The maximum atomic E-state index is 11.2. The van der Waals surface area contributed by atoms with Crippen molar-refractivity contribution in [3.8, 4) is 0 Å². The van der Waals surface area contributed by atoms with Crippen LogP contribution in [0.1, 0.15) is 18.4 Å². The molecule has 0 aromatic carbocycles. The molecule has 0 bridgehead atoms. The van der Waals surface area contributed by atoms with Gasteiger partial charge in [-0.3, -0.25) is 9.69 Å². The number of likely N-dealkylation sites (N-methyl/N-ethyl adjacent to an activating group) is 1. The maximum Gasteiger partial charge on any atom is 0.320 e. The number of esters is 1. The number of hydrogen-bond acceptors (Lipinski definition) is 5. The second kappa shape index (κ2) is 6.30. The molecule has 0 spiro atoms. The minimum Gasteiger partial charge on any atom is -0.465 e. The van der Waals surface area contributed by atoms with Crippen LogP contribution in [0.5, 0.6) is 0 Å². The second-order valence-corrected chi connectivity index (χ2v) is 3.50. The van der Waals surface area contributed by atoms with Gasteiger partial charge in [-0.1, -0.05) is 0 Å². The average Bonchev–Trinajstić information content (AvgIpc) is 2.65. The lowest BCUT2D eigenvalue weighted by Gasteiger charge is -2.13. The van der Waals surface area contributed by atoms with Crippen molar-refractivity contribution in [2.24, 2.45) is 0 Å². The SMILES string of the molecule is CCOC(=O)CN(C)Cc1ccc(CO)o1. The molecule has 0 aliphatic carbocycles. The molecule has 1 aromatic heterocycles. The third-order valence-electron chi connectivity index (χ3n) is 2.00. The fraction of sp³-hybridized carbons (Fsp3) is 0.545. The van der Waals surface area contributed by atoms with Gasteiger partial charge >= 0.3 is 5.97 Å². The topological polar surface area (TPSA) is 62.9 Å². The Morgan fingerprint density at radius 2 is 2.19 bits per heavy atom. The Balaban J connectivity index is 2.38. The van der Waals surface area contributed by atoms with Crippen LogP contribution in [0.4, 0.5) is 0 Å². The number of aliphatic hydroxyl groups excluding tert-OH is 1. The molecule has 0 aliphatic rings. The highest BCUT2D eigenvalue weighted by molar-refractivity contribution is 5.71. The van der Waals surface area contributed by atoms with Gasteiger partial charge in [0.05, 0.1) is 19.7 Å². The van der Waals surface area contributed by atoms with E-state index in [4.69, 9.17) is 14.3 Å². The Labute approximate surface area is 94.6 Å². The van der Waals surface area contributed by atoms with E-state index in [0.29, 0.717) is 18.9 Å². The summed E-state index contributed by atoms with van der Waals surface area (Å²) in [6.45, 7) is 2.80. The largest absolute Gasteiger partial charge is 0.465 e. The standard InChI is InChI=1S/C11H17NO4/c1-3-15-11(14)7-12(2)6-9-4-5-10(8-13)16-9/h4-5,13H,3,6-8H2,1-2H3. The van der Waals surface area contributed by atoms with Gasteiger partial charge in [-0.05, 0) is 26.1 Å². The monoisotopic (exact) mass is 227 g/mol. The van der Waals surface area contributed by atoms with Crippen molar-refractivity contribution in [1.82, 2.24) is 4.90 Å². The Hall–Kier alpha value is -1.33. The van der Waals surface area contributed by atoms with Crippen LogP contribution in [0.2, 0.25) is 0 Å². The minimum atomic E-state index is -0.251. The molecule has 0 atom stereocenters. The summed E-state index contributed by atoms with van der Waals surface area (Å²) in [4.78, 5) is 13.0. The van der Waals surface area contributed by atoms with Gasteiger partial charge in [-0.2, -0.15) is 0 Å². The number of nitrogens with zero attached hydrogens (tertiary/aromatic N) is 1. The zero-order valence-corrected chi connectivity index (χ0v) is 9.60. The molecule has 16 heavy (non-hydrogen) atoms. The van der Waals surface area contributed by atoms with Crippen molar-refractivity contribution in [2.75, 3.05) is 20.2 Å². The Morgan fingerprint density at radius 3 is 2.75 bits per heavy atom. The van der Waals surface area contributed by atoms with Crippen LogP contribution in [0.15, 0.2) is 16.5 Å². The summed E-state index contributed by atoms with van der Waals surface area (Å²) in [6, 6.07) is 3.50. The summed E-state index contributed by atoms with van der Waals surface area (Å²) in [5.41, 5.74) is 0. The number of ether oxygens (including phenoxy) is 1. The lowest BCUT2D eigenvalue weighted by atomic mass is 10.4. The molecular weight excluding hydrogens is 210 g/mol. The molecule has 0 aliphatic heterocycles. The van der Waals surface area contributed by atoms with E-state index in [9.17, 15) is 4.79 Å². The van der Waals surface area contributed by atoms with Crippen molar-refractivity contribution < 1.29 is 19.1 Å². The molecule has 0 saturated carbocycles. The lowest BCUT2D eigenvalue weighted by molar-refractivity contribution is -0.144. The van der Waals surface area contributed by atoms with Crippen LogP contribution in [0.3, 0.4) is 0 Å². The van der Waals surface area contributed by atoms with Gasteiger partial charge in [0.1, 0.15) is 18.1 Å². The van der Waals surface area contributed by atoms with Crippen LogP contribution in [-0.4, -0.2) is 36.2 Å². The van der Waals surface area contributed by atoms with Gasteiger partial charge in [0.2, 0.25) is 0 Å². The van der Waals surface area contributed by atoms with Crippen molar-refractivity contribution in [2.45, 2.75) is 20.1 Å². The molecule has 0 fully saturated rings. The molecule has 5 nitrogen and oxygen atoms in total. The first-order valence-corrected chi connectivity index (χ1v) is 5.18. The highest BCUT2D eigenvalue weighted by Gasteiger charge is 2.09. The van der Waals surface area contributed by atoms with Crippen LogP contribution in [0, 0.1) is 0 Å². The van der Waals surface area contributed by atoms with Gasteiger partial charge in [0.25, 0.3) is 0 Å². The summed E-state index contributed by atoms with van der Waals surface area (Å²) >= 11 is 0. The van der Waals surface area contributed by atoms with Gasteiger partial charge in [-0.25, -0.2) is 0 Å². The number of rotatable bonds is 6. The van der Waals surface area contributed by atoms with E-state index >= 15 is 0 Å². The van der Waals surface area contributed by atoms with E-state index in [1.54, 1.807) is 31.0 Å². The highest BCUT2D eigenvalue weighted by Crippen LogP contribution is 2.09. The third kappa shape index (κ3) is 4.04. The smallest absolute Gasteiger partial charge is 0.320 e. The lowest BCUT2D eigenvalue weighted by Crippen LogP contribution is -2.26.